The summed E-state index contributed by atoms with van der Waals surface area (Å²) in [6, 6.07) is 0. The van der Waals surface area contributed by atoms with Crippen LogP contribution in [0.5, 0.6) is 0 Å². The maximum absolute atomic E-state index is 6.23. The molecule has 2 atom stereocenters. The first kappa shape index (κ1) is 16.1. The van der Waals surface area contributed by atoms with E-state index in [1.54, 1.807) is 7.11 Å². The predicted molar refractivity (Wildman–Crippen MR) is 92.2 cm³/mol. The van der Waals surface area contributed by atoms with Gasteiger partial charge in [-0.3, -0.25) is 0 Å². The lowest BCUT2D eigenvalue weighted by Gasteiger charge is -2.29. The van der Waals surface area contributed by atoms with Crippen LogP contribution in [0.1, 0.15) is 30.1 Å². The highest BCUT2D eigenvalue weighted by Crippen LogP contribution is 2.43. The van der Waals surface area contributed by atoms with Crippen LogP contribution in [-0.4, -0.2) is 33.8 Å². The van der Waals surface area contributed by atoms with Gasteiger partial charge in [0, 0.05) is 23.9 Å². The summed E-state index contributed by atoms with van der Waals surface area (Å²) in [5, 5.41) is 1.46. The van der Waals surface area contributed by atoms with Crippen LogP contribution in [0, 0.1) is 3.57 Å². The molecule has 106 valence electrons. The van der Waals surface area contributed by atoms with E-state index in [4.69, 9.17) is 16.3 Å². The lowest BCUT2D eigenvalue weighted by molar-refractivity contribution is 0.180. The third kappa shape index (κ3) is 3.90. The normalized spacial score (nSPS) is 23.6. The Morgan fingerprint density at radius 1 is 1.37 bits per heavy atom. The standard InChI is InChI=1S/C12H16ClIN2OS2/c1-3-8-10(19-5-4-18-8)12-15-7(6-17-2)9(14)11(13)16-12/h8,10H,3-6H2,1-2H3. The van der Waals surface area contributed by atoms with Crippen molar-refractivity contribution in [2.45, 2.75) is 30.5 Å². The summed E-state index contributed by atoms with van der Waals surface area (Å²) in [5.74, 6) is 3.22. The third-order valence-electron chi connectivity index (χ3n) is 2.88. The van der Waals surface area contributed by atoms with E-state index in [0.29, 0.717) is 22.3 Å². The summed E-state index contributed by atoms with van der Waals surface area (Å²) >= 11 is 12.4. The summed E-state index contributed by atoms with van der Waals surface area (Å²) in [6.07, 6.45) is 1.13. The first-order valence-corrected chi connectivity index (χ1v) is 9.66. The molecule has 2 heterocycles. The zero-order valence-electron chi connectivity index (χ0n) is 10.9. The third-order valence-corrected chi connectivity index (χ3v) is 7.85. The van der Waals surface area contributed by atoms with Gasteiger partial charge in [-0.15, -0.1) is 11.8 Å². The fourth-order valence-corrected chi connectivity index (χ4v) is 5.57. The van der Waals surface area contributed by atoms with E-state index in [-0.39, 0.29) is 0 Å². The summed E-state index contributed by atoms with van der Waals surface area (Å²) in [6.45, 7) is 2.70. The molecule has 0 saturated carbocycles. The molecule has 1 fully saturated rings. The number of hydrogen-bond donors (Lipinski definition) is 0. The molecule has 0 N–H and O–H groups in total. The van der Waals surface area contributed by atoms with Crippen LogP contribution in [0.15, 0.2) is 0 Å². The molecule has 3 nitrogen and oxygen atoms in total. The van der Waals surface area contributed by atoms with E-state index in [9.17, 15) is 0 Å². The number of methoxy groups -OCH3 is 1. The maximum atomic E-state index is 6.23. The molecule has 2 rings (SSSR count). The van der Waals surface area contributed by atoms with Crippen LogP contribution < -0.4 is 0 Å². The summed E-state index contributed by atoms with van der Waals surface area (Å²) in [5.41, 5.74) is 0.893. The molecule has 19 heavy (non-hydrogen) atoms. The van der Waals surface area contributed by atoms with Gasteiger partial charge in [0.05, 0.1) is 21.1 Å². The maximum Gasteiger partial charge on any atom is 0.146 e. The molecule has 1 aromatic heterocycles. The summed E-state index contributed by atoms with van der Waals surface area (Å²) in [7, 11) is 1.67. The summed E-state index contributed by atoms with van der Waals surface area (Å²) in [4.78, 5) is 9.18. The Morgan fingerprint density at radius 3 is 2.79 bits per heavy atom. The van der Waals surface area contributed by atoms with Crippen molar-refractivity contribution in [3.05, 3.63) is 20.2 Å². The fourth-order valence-electron chi connectivity index (χ4n) is 1.98. The molecule has 0 spiro atoms. The van der Waals surface area contributed by atoms with E-state index >= 15 is 0 Å². The number of rotatable bonds is 4. The van der Waals surface area contributed by atoms with Crippen molar-refractivity contribution in [2.24, 2.45) is 0 Å². The molecule has 1 aromatic rings. The molecule has 0 amide bonds. The van der Waals surface area contributed by atoms with Crippen molar-refractivity contribution in [1.82, 2.24) is 9.97 Å². The Morgan fingerprint density at radius 2 is 2.11 bits per heavy atom. The van der Waals surface area contributed by atoms with Crippen molar-refractivity contribution in [3.8, 4) is 0 Å². The van der Waals surface area contributed by atoms with Crippen molar-refractivity contribution in [1.29, 1.82) is 0 Å². The van der Waals surface area contributed by atoms with Crippen LogP contribution in [0.25, 0.3) is 0 Å². The van der Waals surface area contributed by atoms with Crippen molar-refractivity contribution in [3.63, 3.8) is 0 Å². The number of hydrogen-bond acceptors (Lipinski definition) is 5. The number of ether oxygens (including phenoxy) is 1. The van der Waals surface area contributed by atoms with Gasteiger partial charge in [-0.05, 0) is 29.0 Å². The van der Waals surface area contributed by atoms with Gasteiger partial charge in [0.25, 0.3) is 0 Å². The molecule has 0 bridgehead atoms. The van der Waals surface area contributed by atoms with Gasteiger partial charge in [-0.25, -0.2) is 9.97 Å². The lowest BCUT2D eigenvalue weighted by Crippen LogP contribution is -2.21. The smallest absolute Gasteiger partial charge is 0.146 e. The molecule has 1 aliphatic rings. The molecular weight excluding hydrogens is 415 g/mol. The number of nitrogens with zero attached hydrogens (tertiary/aromatic N) is 2. The summed E-state index contributed by atoms with van der Waals surface area (Å²) < 4.78 is 6.09. The Balaban J connectivity index is 2.32. The topological polar surface area (TPSA) is 35.0 Å². The van der Waals surface area contributed by atoms with E-state index in [1.165, 1.54) is 5.75 Å². The van der Waals surface area contributed by atoms with Crippen molar-refractivity contribution < 1.29 is 4.74 Å². The minimum Gasteiger partial charge on any atom is -0.378 e. The van der Waals surface area contributed by atoms with Gasteiger partial charge in [0.15, 0.2) is 0 Å². The van der Waals surface area contributed by atoms with Crippen LogP contribution in [0.3, 0.4) is 0 Å². The Labute approximate surface area is 141 Å². The highest BCUT2D eigenvalue weighted by molar-refractivity contribution is 14.1. The lowest BCUT2D eigenvalue weighted by atomic mass is 10.2. The molecular formula is C12H16ClIN2OS2. The van der Waals surface area contributed by atoms with E-state index in [0.717, 1.165) is 27.3 Å². The molecule has 1 aliphatic heterocycles. The first-order chi connectivity index (χ1) is 9.17. The minimum absolute atomic E-state index is 0.342. The quantitative estimate of drug-likeness (QED) is 0.529. The SMILES string of the molecule is CCC1SCCSC1c1nc(Cl)c(I)c(COC)n1. The molecule has 0 radical (unpaired) electrons. The zero-order valence-corrected chi connectivity index (χ0v) is 15.4. The van der Waals surface area contributed by atoms with Gasteiger partial charge in [-0.2, -0.15) is 11.8 Å². The molecule has 0 aliphatic carbocycles. The number of aromatic nitrogens is 2. The van der Waals surface area contributed by atoms with Crippen LogP contribution in [-0.2, 0) is 11.3 Å². The zero-order chi connectivity index (χ0) is 13.8. The Kier molecular flexibility index (Phi) is 6.52. The van der Waals surface area contributed by atoms with Crippen molar-refractivity contribution in [2.75, 3.05) is 18.6 Å². The van der Waals surface area contributed by atoms with Gasteiger partial charge in [-0.1, -0.05) is 18.5 Å². The van der Waals surface area contributed by atoms with E-state index < -0.39 is 0 Å². The fraction of sp³-hybridized carbons (Fsp3) is 0.667. The van der Waals surface area contributed by atoms with Crippen LogP contribution >= 0.6 is 57.7 Å². The second-order valence-electron chi connectivity index (χ2n) is 4.18. The Hall–Kier alpha value is 0.760. The molecule has 1 saturated heterocycles. The average Bonchev–Trinajstić information content (AvgIpc) is 2.43. The van der Waals surface area contributed by atoms with Gasteiger partial charge in [0.2, 0.25) is 0 Å². The van der Waals surface area contributed by atoms with Crippen LogP contribution in [0.4, 0.5) is 0 Å². The van der Waals surface area contributed by atoms with Crippen molar-refractivity contribution >= 4 is 57.7 Å². The molecule has 0 aromatic carbocycles. The van der Waals surface area contributed by atoms with Crippen LogP contribution in [0.2, 0.25) is 5.15 Å². The predicted octanol–water partition coefficient (Wildman–Crippen LogP) is 4.18. The number of thioether (sulfide) groups is 2. The van der Waals surface area contributed by atoms with Gasteiger partial charge in [0.1, 0.15) is 11.0 Å². The van der Waals surface area contributed by atoms with E-state index in [2.05, 4.69) is 39.5 Å². The van der Waals surface area contributed by atoms with Gasteiger partial charge < -0.3 is 4.74 Å². The minimum atomic E-state index is 0.342. The van der Waals surface area contributed by atoms with Gasteiger partial charge >= 0.3 is 0 Å². The first-order valence-electron chi connectivity index (χ1n) is 6.11. The number of halogens is 2. The molecule has 2 unspecified atom stereocenters. The highest BCUT2D eigenvalue weighted by atomic mass is 127. The second kappa shape index (κ2) is 7.68. The second-order valence-corrected chi connectivity index (χ2v) is 8.21. The Bertz CT molecular complexity index is 450. The average molecular weight is 431 g/mol. The highest BCUT2D eigenvalue weighted by Gasteiger charge is 2.29. The van der Waals surface area contributed by atoms with E-state index in [1.807, 2.05) is 23.5 Å². The largest absolute Gasteiger partial charge is 0.378 e. The monoisotopic (exact) mass is 430 g/mol. The molecule has 7 heteroatoms.